The van der Waals surface area contributed by atoms with Gasteiger partial charge in [-0.3, -0.25) is 9.20 Å². The van der Waals surface area contributed by atoms with Crippen LogP contribution in [0.1, 0.15) is 28.0 Å². The molecule has 108 valence electrons. The summed E-state index contributed by atoms with van der Waals surface area (Å²) in [5, 5.41) is 0. The molecule has 0 amide bonds. The zero-order chi connectivity index (χ0) is 15.0. The molecule has 0 radical (unpaired) electrons. The quantitative estimate of drug-likeness (QED) is 0.687. The number of rotatable bonds is 4. The van der Waals surface area contributed by atoms with E-state index in [2.05, 4.69) is 11.9 Å². The predicted octanol–water partition coefficient (Wildman–Crippen LogP) is 3.89. The Morgan fingerprint density at radius 3 is 2.62 bits per heavy atom. The number of hydrogen-bond acceptors (Lipinski definition) is 4. The van der Waals surface area contributed by atoms with Gasteiger partial charge in [0.2, 0.25) is 0 Å². The van der Waals surface area contributed by atoms with Crippen LogP contribution < -0.4 is 4.74 Å². The van der Waals surface area contributed by atoms with Crippen LogP contribution in [0, 0.1) is 13.8 Å². The van der Waals surface area contributed by atoms with Crippen LogP contribution in [-0.4, -0.2) is 22.3 Å². The van der Waals surface area contributed by atoms with E-state index in [0.717, 1.165) is 38.8 Å². The second-order valence-electron chi connectivity index (χ2n) is 4.78. The van der Waals surface area contributed by atoms with Crippen molar-refractivity contribution >= 4 is 22.6 Å². The van der Waals surface area contributed by atoms with E-state index in [4.69, 9.17) is 4.74 Å². The molecule has 0 spiro atoms. The molecule has 0 aliphatic carbocycles. The van der Waals surface area contributed by atoms with Crippen molar-refractivity contribution in [2.24, 2.45) is 0 Å². The van der Waals surface area contributed by atoms with Gasteiger partial charge in [0.15, 0.2) is 11.2 Å². The van der Waals surface area contributed by atoms with Gasteiger partial charge in [-0.25, -0.2) is 4.98 Å². The second-order valence-corrected chi connectivity index (χ2v) is 5.96. The van der Waals surface area contributed by atoms with Crippen molar-refractivity contribution in [1.82, 2.24) is 9.38 Å². The molecule has 21 heavy (non-hydrogen) atoms. The van der Waals surface area contributed by atoms with Gasteiger partial charge in [-0.2, -0.15) is 0 Å². The molecule has 5 heteroatoms. The lowest BCUT2D eigenvalue weighted by molar-refractivity contribution is 0.111. The van der Waals surface area contributed by atoms with Gasteiger partial charge in [0.05, 0.1) is 18.0 Å². The average molecular weight is 300 g/mol. The maximum atomic E-state index is 11.4. The Labute approximate surface area is 127 Å². The van der Waals surface area contributed by atoms with Crippen LogP contribution in [0.15, 0.2) is 24.3 Å². The summed E-state index contributed by atoms with van der Waals surface area (Å²) in [4.78, 5) is 17.8. The molecule has 0 saturated carbocycles. The highest BCUT2D eigenvalue weighted by atomic mass is 32.1. The van der Waals surface area contributed by atoms with Crippen LogP contribution >= 0.6 is 11.3 Å². The highest BCUT2D eigenvalue weighted by Gasteiger charge is 2.17. The van der Waals surface area contributed by atoms with Gasteiger partial charge in [-0.05, 0) is 50.6 Å². The molecule has 4 nitrogen and oxygen atoms in total. The first-order chi connectivity index (χ1) is 10.2. The third-order valence-electron chi connectivity index (χ3n) is 3.42. The smallest absolute Gasteiger partial charge is 0.195 e. The molecule has 1 aromatic carbocycles. The second kappa shape index (κ2) is 5.33. The molecule has 0 N–H and O–H groups in total. The maximum absolute atomic E-state index is 11.4. The monoisotopic (exact) mass is 300 g/mol. The molecule has 2 aromatic heterocycles. The molecular weight excluding hydrogens is 284 g/mol. The number of carbonyl (C=O) groups excluding carboxylic acids is 1. The first-order valence-corrected chi connectivity index (χ1v) is 7.64. The van der Waals surface area contributed by atoms with E-state index in [-0.39, 0.29) is 0 Å². The van der Waals surface area contributed by atoms with E-state index in [9.17, 15) is 4.79 Å². The Balaban J connectivity index is 2.18. The number of aromatic nitrogens is 2. The highest BCUT2D eigenvalue weighted by Crippen LogP contribution is 2.33. The number of aldehydes is 1. The first kappa shape index (κ1) is 13.8. The molecule has 0 aliphatic heterocycles. The fourth-order valence-corrected chi connectivity index (χ4v) is 3.53. The number of benzene rings is 1. The Morgan fingerprint density at radius 1 is 1.29 bits per heavy atom. The Hall–Kier alpha value is -2.14. The lowest BCUT2D eigenvalue weighted by Gasteiger charge is -2.06. The van der Waals surface area contributed by atoms with Gasteiger partial charge in [0.1, 0.15) is 11.4 Å². The summed E-state index contributed by atoms with van der Waals surface area (Å²) in [6.07, 6.45) is 0.875. The van der Waals surface area contributed by atoms with Crippen molar-refractivity contribution in [2.45, 2.75) is 20.8 Å². The number of imidazole rings is 1. The summed E-state index contributed by atoms with van der Waals surface area (Å²) in [7, 11) is 0. The number of carbonyl (C=O) groups is 1. The molecule has 2 heterocycles. The molecule has 0 atom stereocenters. The third-order valence-corrected chi connectivity index (χ3v) is 4.37. The first-order valence-electron chi connectivity index (χ1n) is 6.82. The van der Waals surface area contributed by atoms with Crippen LogP contribution in [0.3, 0.4) is 0 Å². The van der Waals surface area contributed by atoms with Gasteiger partial charge in [-0.1, -0.05) is 0 Å². The molecule has 0 fully saturated rings. The van der Waals surface area contributed by atoms with Crippen LogP contribution in [0.5, 0.6) is 5.75 Å². The molecular formula is C16H16N2O2S. The predicted molar refractivity (Wildman–Crippen MR) is 84.5 cm³/mol. The Bertz CT molecular complexity index is 800. The summed E-state index contributed by atoms with van der Waals surface area (Å²) in [6.45, 7) is 6.53. The van der Waals surface area contributed by atoms with E-state index in [1.165, 1.54) is 0 Å². The lowest BCUT2D eigenvalue weighted by atomic mass is 10.1. The summed E-state index contributed by atoms with van der Waals surface area (Å²) in [6, 6.07) is 7.94. The summed E-state index contributed by atoms with van der Waals surface area (Å²) >= 11 is 1.60. The van der Waals surface area contributed by atoms with E-state index in [1.807, 2.05) is 42.5 Å². The van der Waals surface area contributed by atoms with Crippen LogP contribution in [0.4, 0.5) is 0 Å². The minimum atomic E-state index is 0.623. The zero-order valence-corrected chi connectivity index (χ0v) is 13.0. The normalized spacial score (nSPS) is 11.0. The SMILES string of the molecule is CCOc1ccc(-c2c(C)sc3nc(C)c(C=O)n23)cc1. The van der Waals surface area contributed by atoms with Crippen molar-refractivity contribution in [3.63, 3.8) is 0 Å². The van der Waals surface area contributed by atoms with E-state index < -0.39 is 0 Å². The van der Waals surface area contributed by atoms with Crippen molar-refractivity contribution in [2.75, 3.05) is 6.61 Å². The molecule has 0 saturated heterocycles. The summed E-state index contributed by atoms with van der Waals surface area (Å²) in [5.74, 6) is 0.850. The van der Waals surface area contributed by atoms with Crippen molar-refractivity contribution < 1.29 is 9.53 Å². The summed E-state index contributed by atoms with van der Waals surface area (Å²) in [5.41, 5.74) is 3.48. The molecule has 0 bridgehead atoms. The van der Waals surface area contributed by atoms with Crippen LogP contribution in [0.2, 0.25) is 0 Å². The topological polar surface area (TPSA) is 43.6 Å². The fraction of sp³-hybridized carbons (Fsp3) is 0.250. The lowest BCUT2D eigenvalue weighted by Crippen LogP contribution is -1.95. The molecule has 3 rings (SSSR count). The fourth-order valence-electron chi connectivity index (χ4n) is 2.49. The standard InChI is InChI=1S/C16H16N2O2S/c1-4-20-13-7-5-12(6-8-13)15-11(3)21-16-17-10(2)14(9-19)18(15)16/h5-9H,4H2,1-3H3. The van der Waals surface area contributed by atoms with Gasteiger partial charge in [0, 0.05) is 4.88 Å². The van der Waals surface area contributed by atoms with Gasteiger partial charge >= 0.3 is 0 Å². The Kier molecular flexibility index (Phi) is 3.51. The number of fused-ring (bicyclic) bond motifs is 1. The number of aryl methyl sites for hydroxylation is 2. The van der Waals surface area contributed by atoms with Crippen LogP contribution in [0.25, 0.3) is 16.2 Å². The number of nitrogens with zero attached hydrogens (tertiary/aromatic N) is 2. The summed E-state index contributed by atoms with van der Waals surface area (Å²) < 4.78 is 7.41. The number of thiazole rings is 1. The average Bonchev–Trinajstić information content (AvgIpc) is 2.93. The van der Waals surface area contributed by atoms with Gasteiger partial charge in [0.25, 0.3) is 0 Å². The van der Waals surface area contributed by atoms with E-state index in [1.54, 1.807) is 11.3 Å². The molecule has 0 unspecified atom stereocenters. The van der Waals surface area contributed by atoms with Gasteiger partial charge < -0.3 is 4.74 Å². The minimum Gasteiger partial charge on any atom is -0.494 e. The van der Waals surface area contributed by atoms with E-state index in [0.29, 0.717) is 12.3 Å². The molecule has 3 aromatic rings. The van der Waals surface area contributed by atoms with Crippen molar-refractivity contribution in [3.8, 4) is 17.0 Å². The van der Waals surface area contributed by atoms with Gasteiger partial charge in [-0.15, -0.1) is 11.3 Å². The number of hydrogen-bond donors (Lipinski definition) is 0. The largest absolute Gasteiger partial charge is 0.494 e. The Morgan fingerprint density at radius 2 is 2.00 bits per heavy atom. The maximum Gasteiger partial charge on any atom is 0.195 e. The third kappa shape index (κ3) is 2.23. The minimum absolute atomic E-state index is 0.623. The zero-order valence-electron chi connectivity index (χ0n) is 12.2. The number of ether oxygens (including phenoxy) is 1. The van der Waals surface area contributed by atoms with Crippen LogP contribution in [-0.2, 0) is 0 Å². The van der Waals surface area contributed by atoms with Crippen molar-refractivity contribution in [1.29, 1.82) is 0 Å². The van der Waals surface area contributed by atoms with Crippen molar-refractivity contribution in [3.05, 3.63) is 40.5 Å². The highest BCUT2D eigenvalue weighted by molar-refractivity contribution is 7.17. The van der Waals surface area contributed by atoms with E-state index >= 15 is 0 Å². The molecule has 0 aliphatic rings.